The summed E-state index contributed by atoms with van der Waals surface area (Å²) in [6.07, 6.45) is 0.869. The average molecular weight is 444 g/mol. The van der Waals surface area contributed by atoms with Gasteiger partial charge >= 0.3 is 0 Å². The number of carbonyl (C=O) groups excluding carboxylic acids is 3. The Morgan fingerprint density at radius 1 is 0.906 bits per heavy atom. The van der Waals surface area contributed by atoms with E-state index in [1.165, 1.54) is 13.2 Å². The van der Waals surface area contributed by atoms with E-state index in [0.29, 0.717) is 29.4 Å². The fourth-order valence-electron chi connectivity index (χ4n) is 2.60. The zero-order valence-corrected chi connectivity index (χ0v) is 18.7. The quantitative estimate of drug-likeness (QED) is 0.486. The van der Waals surface area contributed by atoms with Crippen LogP contribution in [0, 0.1) is 0 Å². The average Bonchev–Trinajstić information content (AvgIpc) is 2.79. The van der Waals surface area contributed by atoms with Gasteiger partial charge in [-0.25, -0.2) is 0 Å². The summed E-state index contributed by atoms with van der Waals surface area (Å²) >= 11 is 0. The summed E-state index contributed by atoms with van der Waals surface area (Å²) < 4.78 is 16.3. The van der Waals surface area contributed by atoms with E-state index in [9.17, 15) is 14.4 Å². The van der Waals surface area contributed by atoms with Gasteiger partial charge in [0.1, 0.15) is 5.75 Å². The molecular formula is C23H29N3O6. The lowest BCUT2D eigenvalue weighted by atomic mass is 10.2. The molecule has 0 atom stereocenters. The highest BCUT2D eigenvalue weighted by Crippen LogP contribution is 2.28. The Labute approximate surface area is 187 Å². The van der Waals surface area contributed by atoms with Gasteiger partial charge in [0.15, 0.2) is 11.5 Å². The van der Waals surface area contributed by atoms with Crippen molar-refractivity contribution in [2.75, 3.05) is 20.3 Å². The molecule has 32 heavy (non-hydrogen) atoms. The first kappa shape index (κ1) is 24.5. The van der Waals surface area contributed by atoms with E-state index in [1.807, 2.05) is 20.8 Å². The number of methoxy groups -OCH3 is 1. The molecule has 2 aromatic rings. The molecule has 3 amide bonds. The third-order valence-corrected chi connectivity index (χ3v) is 4.10. The Balaban J connectivity index is 1.82. The van der Waals surface area contributed by atoms with Crippen molar-refractivity contribution in [3.63, 3.8) is 0 Å². The molecule has 9 heteroatoms. The molecule has 0 aromatic heterocycles. The number of hydrazine groups is 1. The van der Waals surface area contributed by atoms with E-state index in [2.05, 4.69) is 16.2 Å². The van der Waals surface area contributed by atoms with Gasteiger partial charge in [-0.2, -0.15) is 0 Å². The summed E-state index contributed by atoms with van der Waals surface area (Å²) in [7, 11) is 1.48. The van der Waals surface area contributed by atoms with Crippen LogP contribution in [0.2, 0.25) is 0 Å². The topological polar surface area (TPSA) is 115 Å². The molecule has 9 nitrogen and oxygen atoms in total. The number of ether oxygens (including phenoxy) is 3. The Hall–Kier alpha value is -3.75. The van der Waals surface area contributed by atoms with Gasteiger partial charge < -0.3 is 19.5 Å². The lowest BCUT2D eigenvalue weighted by Crippen LogP contribution is -2.46. The largest absolute Gasteiger partial charge is 0.493 e. The molecule has 0 saturated carbocycles. The summed E-state index contributed by atoms with van der Waals surface area (Å²) in [6.45, 7) is 6.02. The highest BCUT2D eigenvalue weighted by molar-refractivity contribution is 5.98. The SMILES string of the molecule is CCCOc1ccc(C(=O)NNC(=O)CNC(=O)c2ccc(OC(C)C)cc2)cc1OC. The highest BCUT2D eigenvalue weighted by Gasteiger charge is 2.13. The van der Waals surface area contributed by atoms with Gasteiger partial charge in [0.25, 0.3) is 17.7 Å². The van der Waals surface area contributed by atoms with Crippen LogP contribution in [0.3, 0.4) is 0 Å². The molecule has 0 unspecified atom stereocenters. The second-order valence-electron chi connectivity index (χ2n) is 7.09. The molecule has 2 aromatic carbocycles. The highest BCUT2D eigenvalue weighted by atomic mass is 16.5. The summed E-state index contributed by atoms with van der Waals surface area (Å²) in [5, 5.41) is 2.49. The first-order valence-corrected chi connectivity index (χ1v) is 10.3. The maximum atomic E-state index is 12.3. The summed E-state index contributed by atoms with van der Waals surface area (Å²) in [6, 6.07) is 11.3. The monoisotopic (exact) mass is 443 g/mol. The Bertz CT molecular complexity index is 928. The van der Waals surface area contributed by atoms with Gasteiger partial charge in [0.2, 0.25) is 0 Å². The molecule has 0 heterocycles. The maximum Gasteiger partial charge on any atom is 0.269 e. The molecule has 0 aliphatic heterocycles. The Morgan fingerprint density at radius 3 is 2.22 bits per heavy atom. The molecule has 172 valence electrons. The van der Waals surface area contributed by atoms with Crippen molar-refractivity contribution in [2.24, 2.45) is 0 Å². The van der Waals surface area contributed by atoms with Crippen LogP contribution < -0.4 is 30.4 Å². The molecule has 0 saturated heterocycles. The van der Waals surface area contributed by atoms with Crippen LogP contribution in [0.25, 0.3) is 0 Å². The number of hydrogen-bond donors (Lipinski definition) is 3. The van der Waals surface area contributed by atoms with Crippen LogP contribution in [0.15, 0.2) is 42.5 Å². The smallest absolute Gasteiger partial charge is 0.269 e. The maximum absolute atomic E-state index is 12.3. The molecule has 0 bridgehead atoms. The van der Waals surface area contributed by atoms with Crippen LogP contribution >= 0.6 is 0 Å². The zero-order chi connectivity index (χ0) is 23.5. The third-order valence-electron chi connectivity index (χ3n) is 4.10. The normalized spacial score (nSPS) is 10.3. The molecule has 2 rings (SSSR count). The van der Waals surface area contributed by atoms with Crippen molar-refractivity contribution in [1.82, 2.24) is 16.2 Å². The van der Waals surface area contributed by atoms with E-state index in [4.69, 9.17) is 14.2 Å². The van der Waals surface area contributed by atoms with Gasteiger partial charge in [-0.15, -0.1) is 0 Å². The Morgan fingerprint density at radius 2 is 1.59 bits per heavy atom. The van der Waals surface area contributed by atoms with Gasteiger partial charge in [0, 0.05) is 11.1 Å². The third kappa shape index (κ3) is 7.50. The fourth-order valence-corrected chi connectivity index (χ4v) is 2.60. The number of rotatable bonds is 10. The van der Waals surface area contributed by atoms with Crippen molar-refractivity contribution >= 4 is 17.7 Å². The van der Waals surface area contributed by atoms with Crippen molar-refractivity contribution in [2.45, 2.75) is 33.3 Å². The number of carbonyl (C=O) groups is 3. The summed E-state index contributed by atoms with van der Waals surface area (Å²) in [5.41, 5.74) is 5.22. The first-order chi connectivity index (χ1) is 15.3. The number of hydrogen-bond acceptors (Lipinski definition) is 6. The minimum Gasteiger partial charge on any atom is -0.493 e. The fraction of sp³-hybridized carbons (Fsp3) is 0.348. The molecular weight excluding hydrogens is 414 g/mol. The van der Waals surface area contributed by atoms with E-state index in [1.54, 1.807) is 36.4 Å². The molecule has 0 fully saturated rings. The van der Waals surface area contributed by atoms with Gasteiger partial charge in [-0.3, -0.25) is 25.2 Å². The zero-order valence-electron chi connectivity index (χ0n) is 18.7. The van der Waals surface area contributed by atoms with Crippen molar-refractivity contribution < 1.29 is 28.6 Å². The lowest BCUT2D eigenvalue weighted by molar-refractivity contribution is -0.120. The van der Waals surface area contributed by atoms with Crippen LogP contribution in [0.4, 0.5) is 0 Å². The van der Waals surface area contributed by atoms with Gasteiger partial charge in [-0.05, 0) is 62.7 Å². The van der Waals surface area contributed by atoms with E-state index in [0.717, 1.165) is 6.42 Å². The lowest BCUT2D eigenvalue weighted by Gasteiger charge is -2.12. The second kappa shape index (κ2) is 12.2. The molecule has 0 aliphatic carbocycles. The van der Waals surface area contributed by atoms with Crippen LogP contribution in [-0.4, -0.2) is 44.1 Å². The molecule has 3 N–H and O–H groups in total. The van der Waals surface area contributed by atoms with Crippen LogP contribution in [-0.2, 0) is 4.79 Å². The van der Waals surface area contributed by atoms with E-state index in [-0.39, 0.29) is 18.2 Å². The molecule has 0 spiro atoms. The first-order valence-electron chi connectivity index (χ1n) is 10.3. The summed E-state index contributed by atoms with van der Waals surface area (Å²) in [5.74, 6) is 0.0524. The summed E-state index contributed by atoms with van der Waals surface area (Å²) in [4.78, 5) is 36.4. The van der Waals surface area contributed by atoms with E-state index >= 15 is 0 Å². The number of benzene rings is 2. The predicted octanol–water partition coefficient (Wildman–Crippen LogP) is 2.46. The van der Waals surface area contributed by atoms with Crippen LogP contribution in [0.5, 0.6) is 17.2 Å². The van der Waals surface area contributed by atoms with Crippen molar-refractivity contribution in [1.29, 1.82) is 0 Å². The predicted molar refractivity (Wildman–Crippen MR) is 119 cm³/mol. The van der Waals surface area contributed by atoms with Crippen molar-refractivity contribution in [3.05, 3.63) is 53.6 Å². The van der Waals surface area contributed by atoms with Gasteiger partial charge in [0.05, 0.1) is 26.4 Å². The van der Waals surface area contributed by atoms with Gasteiger partial charge in [-0.1, -0.05) is 6.92 Å². The minimum absolute atomic E-state index is 0.0296. The molecule has 0 radical (unpaired) electrons. The van der Waals surface area contributed by atoms with Crippen LogP contribution in [0.1, 0.15) is 47.9 Å². The minimum atomic E-state index is -0.582. The number of nitrogens with one attached hydrogen (secondary N) is 3. The van der Waals surface area contributed by atoms with E-state index < -0.39 is 17.7 Å². The molecule has 0 aliphatic rings. The Kier molecular flexibility index (Phi) is 9.34. The van der Waals surface area contributed by atoms with Crippen molar-refractivity contribution in [3.8, 4) is 17.2 Å². The second-order valence-corrected chi connectivity index (χ2v) is 7.09. The number of amides is 3. The standard InChI is InChI=1S/C23H29N3O6/c1-5-12-31-19-11-8-17(13-20(19)30-4)23(29)26-25-21(27)14-24-22(28)16-6-9-18(10-7-16)32-15(2)3/h6-11,13,15H,5,12,14H2,1-4H3,(H,24,28)(H,25,27)(H,26,29).